The molecule has 0 saturated carbocycles. The summed E-state index contributed by atoms with van der Waals surface area (Å²) >= 11 is 1.87. The van der Waals surface area contributed by atoms with Crippen molar-refractivity contribution in [2.75, 3.05) is 0 Å². The van der Waals surface area contributed by atoms with Crippen LogP contribution < -0.4 is 0 Å². The minimum Gasteiger partial charge on any atom is -0.135 e. The predicted octanol–water partition coefficient (Wildman–Crippen LogP) is 9.73. The summed E-state index contributed by atoms with van der Waals surface area (Å²) in [5.74, 6) is 0. The van der Waals surface area contributed by atoms with Gasteiger partial charge < -0.3 is 0 Å². The highest BCUT2D eigenvalue weighted by Gasteiger charge is 2.14. The first kappa shape index (κ1) is 19.4. The standard InChI is InChI=1S/C33H20S/c1-3-21-11-7-13-26-27(18-25-12-6-8-20(2)32(25)33(21)26)24-14-15-30-28(17-24)29-16-22-9-4-5-10-23(22)19-31(29)34-30/h3-5,7,9-19H,1H2,2H3. The molecule has 0 aliphatic heterocycles. The molecule has 0 spiro atoms. The van der Waals surface area contributed by atoms with Crippen LogP contribution in [0.5, 0.6) is 0 Å². The van der Waals surface area contributed by atoms with Gasteiger partial charge in [-0.2, -0.15) is 0 Å². The van der Waals surface area contributed by atoms with Crippen LogP contribution in [-0.4, -0.2) is 0 Å². The highest BCUT2D eigenvalue weighted by molar-refractivity contribution is 7.25. The third-order valence-corrected chi connectivity index (χ3v) is 8.09. The fourth-order valence-electron chi connectivity index (χ4n) is 5.36. The van der Waals surface area contributed by atoms with Crippen LogP contribution in [-0.2, 0) is 0 Å². The molecule has 7 aromatic rings. The zero-order chi connectivity index (χ0) is 22.8. The van der Waals surface area contributed by atoms with Crippen molar-refractivity contribution in [3.63, 3.8) is 0 Å². The van der Waals surface area contributed by atoms with Crippen LogP contribution in [0.3, 0.4) is 0 Å². The summed E-state index contributed by atoms with van der Waals surface area (Å²) in [5, 5.41) is 10.1. The molecule has 0 bridgehead atoms. The van der Waals surface area contributed by atoms with Gasteiger partial charge in [0.05, 0.1) is 0 Å². The highest BCUT2D eigenvalue weighted by Crippen LogP contribution is 2.42. The molecule has 0 radical (unpaired) electrons. The molecule has 0 unspecified atom stereocenters. The molecular weight excluding hydrogens is 428 g/mol. The number of benzene rings is 5. The molecule has 0 N–H and O–H groups in total. The Labute approximate surface area is 202 Å². The van der Waals surface area contributed by atoms with E-state index >= 15 is 0 Å². The summed E-state index contributed by atoms with van der Waals surface area (Å²) < 4.78 is 2.66. The van der Waals surface area contributed by atoms with Gasteiger partial charge >= 0.3 is 0 Å². The van der Waals surface area contributed by atoms with Gasteiger partial charge in [0.2, 0.25) is 0 Å². The van der Waals surface area contributed by atoms with E-state index in [2.05, 4.69) is 111 Å². The van der Waals surface area contributed by atoms with Crippen LogP contribution in [0.4, 0.5) is 0 Å². The van der Waals surface area contributed by atoms with Gasteiger partial charge in [0, 0.05) is 31.1 Å². The molecule has 0 saturated heterocycles. The van der Waals surface area contributed by atoms with E-state index in [0.29, 0.717) is 0 Å². The van der Waals surface area contributed by atoms with Crippen molar-refractivity contribution in [2.45, 2.75) is 6.92 Å². The number of thiophene rings is 1. The lowest BCUT2D eigenvalue weighted by atomic mass is 9.89. The van der Waals surface area contributed by atoms with Gasteiger partial charge in [0.1, 0.15) is 0 Å². The molecule has 7 rings (SSSR count). The SMILES string of the molecule is C=Cc1cccc2c(-c3ccc4sc5cc6ccccc6cc5c4c3)cc3cc#cc(C)c3c12. The number of hydrogen-bond acceptors (Lipinski definition) is 1. The van der Waals surface area contributed by atoms with E-state index in [4.69, 9.17) is 0 Å². The average Bonchev–Trinajstić information content (AvgIpc) is 3.23. The molecule has 158 valence electrons. The second-order valence-electron chi connectivity index (χ2n) is 8.91. The number of rotatable bonds is 2. The van der Waals surface area contributed by atoms with Crippen molar-refractivity contribution in [1.29, 1.82) is 0 Å². The van der Waals surface area contributed by atoms with E-state index in [0.717, 1.165) is 11.1 Å². The van der Waals surface area contributed by atoms with Gasteiger partial charge in [-0.05, 0) is 86.9 Å². The lowest BCUT2D eigenvalue weighted by molar-refractivity contribution is 1.56. The summed E-state index contributed by atoms with van der Waals surface area (Å²) in [6.45, 7) is 6.21. The monoisotopic (exact) mass is 448 g/mol. The van der Waals surface area contributed by atoms with Crippen molar-refractivity contribution in [3.8, 4) is 11.1 Å². The quantitative estimate of drug-likeness (QED) is 0.247. The van der Waals surface area contributed by atoms with E-state index in [1.165, 1.54) is 63.6 Å². The largest absolute Gasteiger partial charge is 0.135 e. The minimum atomic E-state index is 1.12. The van der Waals surface area contributed by atoms with E-state index < -0.39 is 0 Å². The van der Waals surface area contributed by atoms with Gasteiger partial charge in [-0.1, -0.05) is 73.3 Å². The third kappa shape index (κ3) is 2.73. The summed E-state index contributed by atoms with van der Waals surface area (Å²) in [5.41, 5.74) is 4.75. The Morgan fingerprint density at radius 2 is 1.56 bits per heavy atom. The topological polar surface area (TPSA) is 0 Å². The molecule has 0 aliphatic rings. The van der Waals surface area contributed by atoms with Gasteiger partial charge in [-0.15, -0.1) is 11.3 Å². The van der Waals surface area contributed by atoms with Crippen molar-refractivity contribution in [3.05, 3.63) is 115 Å². The minimum absolute atomic E-state index is 1.12. The van der Waals surface area contributed by atoms with Crippen molar-refractivity contribution in [1.82, 2.24) is 0 Å². The van der Waals surface area contributed by atoms with Crippen LogP contribution in [0.25, 0.3) is 69.7 Å². The first-order chi connectivity index (χ1) is 16.7. The van der Waals surface area contributed by atoms with Crippen molar-refractivity contribution in [2.24, 2.45) is 0 Å². The summed E-state index contributed by atoms with van der Waals surface area (Å²) in [4.78, 5) is 0. The maximum Gasteiger partial charge on any atom is 0.0361 e. The molecule has 1 heteroatoms. The van der Waals surface area contributed by atoms with E-state index in [1.54, 1.807) is 0 Å². The van der Waals surface area contributed by atoms with Crippen molar-refractivity contribution >= 4 is 69.9 Å². The Kier molecular flexibility index (Phi) is 4.09. The van der Waals surface area contributed by atoms with E-state index in [9.17, 15) is 0 Å². The van der Waals surface area contributed by atoms with E-state index in [-0.39, 0.29) is 0 Å². The van der Waals surface area contributed by atoms with Crippen LogP contribution in [0.2, 0.25) is 0 Å². The molecule has 0 atom stereocenters. The maximum absolute atomic E-state index is 4.10. The predicted molar refractivity (Wildman–Crippen MR) is 150 cm³/mol. The Morgan fingerprint density at radius 1 is 0.735 bits per heavy atom. The van der Waals surface area contributed by atoms with E-state index in [1.807, 2.05) is 17.4 Å². The fourth-order valence-corrected chi connectivity index (χ4v) is 6.48. The Balaban J connectivity index is 1.58. The second-order valence-corrected chi connectivity index (χ2v) is 9.99. The number of hydrogen-bond donors (Lipinski definition) is 0. The fraction of sp³-hybridized carbons (Fsp3) is 0.0303. The number of fused-ring (bicyclic) bond motifs is 7. The first-order valence-electron chi connectivity index (χ1n) is 11.5. The molecule has 34 heavy (non-hydrogen) atoms. The molecule has 6 aromatic carbocycles. The van der Waals surface area contributed by atoms with Crippen LogP contribution in [0.1, 0.15) is 11.1 Å². The molecule has 0 fully saturated rings. The van der Waals surface area contributed by atoms with Gasteiger partial charge in [-0.3, -0.25) is 0 Å². The average molecular weight is 449 g/mol. The van der Waals surface area contributed by atoms with Gasteiger partial charge in [0.25, 0.3) is 0 Å². The van der Waals surface area contributed by atoms with Crippen LogP contribution >= 0.6 is 11.3 Å². The van der Waals surface area contributed by atoms with Crippen molar-refractivity contribution < 1.29 is 0 Å². The Hall–Kier alpha value is -4.12. The summed E-state index contributed by atoms with van der Waals surface area (Å²) in [6.07, 6.45) is 1.96. The van der Waals surface area contributed by atoms with Gasteiger partial charge in [0.15, 0.2) is 0 Å². The van der Waals surface area contributed by atoms with Crippen LogP contribution in [0.15, 0.2) is 91.5 Å². The van der Waals surface area contributed by atoms with Gasteiger partial charge in [-0.25, -0.2) is 0 Å². The maximum atomic E-state index is 4.10. The molecule has 1 aromatic heterocycles. The second kappa shape index (κ2) is 7.19. The number of aryl methyl sites for hydroxylation is 1. The first-order valence-corrected chi connectivity index (χ1v) is 12.3. The Bertz CT molecular complexity index is 1930. The zero-order valence-electron chi connectivity index (χ0n) is 18.8. The molecule has 0 aliphatic carbocycles. The lowest BCUT2D eigenvalue weighted by Crippen LogP contribution is -1.88. The normalized spacial score (nSPS) is 11.6. The molecule has 0 nitrogen and oxygen atoms in total. The van der Waals surface area contributed by atoms with Crippen LogP contribution in [0, 0.1) is 19.1 Å². The smallest absolute Gasteiger partial charge is 0.0361 e. The molecular formula is C33H20S. The molecule has 0 amide bonds. The highest BCUT2D eigenvalue weighted by atomic mass is 32.1. The third-order valence-electron chi connectivity index (χ3n) is 6.96. The lowest BCUT2D eigenvalue weighted by Gasteiger charge is -2.14. The zero-order valence-corrected chi connectivity index (χ0v) is 19.6. The molecule has 1 heterocycles. The Morgan fingerprint density at radius 3 is 2.41 bits per heavy atom. The summed E-state index contributed by atoms with van der Waals surface area (Å²) in [6, 6.07) is 37.6. The summed E-state index contributed by atoms with van der Waals surface area (Å²) in [7, 11) is 0.